The number of aliphatic hydroxyl groups excluding tert-OH is 2. The number of fused-ring (bicyclic) bond motifs is 1. The molecule has 4 N–H and O–H groups in total. The monoisotopic (exact) mass is 631 g/mol. The summed E-state index contributed by atoms with van der Waals surface area (Å²) >= 11 is 0. The highest BCUT2D eigenvalue weighted by Gasteiger charge is 2.35. The van der Waals surface area contributed by atoms with Gasteiger partial charge in [-0.3, -0.25) is 9.69 Å². The molecule has 3 aromatic rings. The number of nitrogens with zero attached hydrogens (tertiary/aromatic N) is 1. The fraction of sp³-hybridized carbons (Fsp3) is 0.444. The summed E-state index contributed by atoms with van der Waals surface area (Å²) in [5, 5.41) is 28.2. The molecule has 0 spiro atoms. The van der Waals surface area contributed by atoms with Gasteiger partial charge in [0.2, 0.25) is 5.91 Å². The van der Waals surface area contributed by atoms with Gasteiger partial charge in [0.25, 0.3) is 0 Å². The summed E-state index contributed by atoms with van der Waals surface area (Å²) in [5.41, 5.74) is 3.74. The molecule has 1 heterocycles. The zero-order valence-electron chi connectivity index (χ0n) is 26.3. The van der Waals surface area contributed by atoms with Crippen molar-refractivity contribution in [1.29, 1.82) is 0 Å². The first-order valence-electron chi connectivity index (χ1n) is 16.0. The first kappa shape index (κ1) is 33.4. The quantitative estimate of drug-likeness (QED) is 0.214. The van der Waals surface area contributed by atoms with Crippen LogP contribution < -0.4 is 15.4 Å². The molecule has 1 fully saturated rings. The average Bonchev–Trinajstić information content (AvgIpc) is 3.39. The summed E-state index contributed by atoms with van der Waals surface area (Å²) in [6, 6.07) is 23.7. The number of carbonyl (C=O) groups excluding carboxylic acids is 2. The van der Waals surface area contributed by atoms with Crippen LogP contribution in [0.2, 0.25) is 0 Å². The van der Waals surface area contributed by atoms with E-state index in [2.05, 4.69) is 15.5 Å². The van der Waals surface area contributed by atoms with Crippen molar-refractivity contribution in [3.8, 4) is 5.75 Å². The van der Waals surface area contributed by atoms with Crippen molar-refractivity contribution in [1.82, 2.24) is 15.5 Å². The first-order valence-corrected chi connectivity index (χ1v) is 16.0. The summed E-state index contributed by atoms with van der Waals surface area (Å²) in [4.78, 5) is 28.5. The molecule has 2 aliphatic rings. The number of hydrogen-bond acceptors (Lipinski definition) is 8. The van der Waals surface area contributed by atoms with Crippen molar-refractivity contribution in [2.75, 3.05) is 46.6 Å². The Hall–Kier alpha value is -3.96. The number of amides is 2. The molecule has 0 unspecified atom stereocenters. The van der Waals surface area contributed by atoms with Gasteiger partial charge in [-0.25, -0.2) is 4.79 Å². The second-order valence-corrected chi connectivity index (χ2v) is 12.0. The standard InChI is InChI=1S/C36H45N3O7/c1-44-36(43)37-31(22-25-7-3-2-4-8-25)32(40)24-28(35(42)38-34-30-10-6-5-9-27(30)23-33(34)41)21-26-11-13-29(14-12-26)46-20-17-39-15-18-45-19-16-39/h2-14,28,31-34,40-41H,15-24H2,1H3,(H,37,43)(H,38,42)/t28-,31+,32+,33-,34+/m1/s1. The van der Waals surface area contributed by atoms with E-state index in [1.807, 2.05) is 78.9 Å². The maximum absolute atomic E-state index is 13.9. The van der Waals surface area contributed by atoms with Gasteiger partial charge in [0.1, 0.15) is 12.4 Å². The van der Waals surface area contributed by atoms with Crippen molar-refractivity contribution in [3.63, 3.8) is 0 Å². The van der Waals surface area contributed by atoms with E-state index in [1.165, 1.54) is 7.11 Å². The van der Waals surface area contributed by atoms with Crippen molar-refractivity contribution in [2.45, 2.75) is 50.0 Å². The molecule has 0 radical (unpaired) electrons. The van der Waals surface area contributed by atoms with E-state index in [0.717, 1.165) is 60.9 Å². The third kappa shape index (κ3) is 9.29. The molecule has 5 rings (SSSR count). The number of benzene rings is 3. The van der Waals surface area contributed by atoms with Crippen LogP contribution in [0.15, 0.2) is 78.9 Å². The number of rotatable bonds is 14. The van der Waals surface area contributed by atoms with Gasteiger partial charge in [0, 0.05) is 32.0 Å². The van der Waals surface area contributed by atoms with Crippen LogP contribution in [0.1, 0.15) is 34.7 Å². The van der Waals surface area contributed by atoms with Gasteiger partial charge in [0.05, 0.1) is 44.6 Å². The number of carbonyl (C=O) groups is 2. The SMILES string of the molecule is COC(=O)N[C@@H](Cc1ccccc1)[C@@H](O)C[C@@H](Cc1ccc(OCCN2CCOCC2)cc1)C(=O)N[C@H]1c2ccccc2C[C@H]1O. The van der Waals surface area contributed by atoms with Crippen LogP contribution >= 0.6 is 0 Å². The van der Waals surface area contributed by atoms with Crippen molar-refractivity contribution >= 4 is 12.0 Å². The zero-order valence-corrected chi connectivity index (χ0v) is 26.3. The average molecular weight is 632 g/mol. The highest BCUT2D eigenvalue weighted by molar-refractivity contribution is 5.80. The smallest absolute Gasteiger partial charge is 0.407 e. The van der Waals surface area contributed by atoms with Crippen LogP contribution in [0.5, 0.6) is 5.75 Å². The minimum Gasteiger partial charge on any atom is -0.492 e. The topological polar surface area (TPSA) is 130 Å². The Kier molecular flexibility index (Phi) is 12.0. The van der Waals surface area contributed by atoms with E-state index >= 15 is 0 Å². The van der Waals surface area contributed by atoms with Gasteiger partial charge < -0.3 is 35.1 Å². The summed E-state index contributed by atoms with van der Waals surface area (Å²) in [6.07, 6.45) is -1.21. The number of aliphatic hydroxyl groups is 2. The van der Waals surface area contributed by atoms with Crippen LogP contribution in [0, 0.1) is 5.92 Å². The molecule has 46 heavy (non-hydrogen) atoms. The number of alkyl carbamates (subject to hydrolysis) is 1. The van der Waals surface area contributed by atoms with Gasteiger partial charge in [-0.1, -0.05) is 66.7 Å². The predicted molar refractivity (Wildman–Crippen MR) is 174 cm³/mol. The summed E-state index contributed by atoms with van der Waals surface area (Å²) in [7, 11) is 1.28. The minimum absolute atomic E-state index is 0.0790. The maximum atomic E-state index is 13.9. The molecule has 2 amide bonds. The van der Waals surface area contributed by atoms with Crippen LogP contribution in [-0.4, -0.2) is 91.9 Å². The van der Waals surface area contributed by atoms with Gasteiger partial charge in [-0.05, 0) is 53.6 Å². The van der Waals surface area contributed by atoms with Crippen molar-refractivity contribution < 1.29 is 34.0 Å². The summed E-state index contributed by atoms with van der Waals surface area (Å²) < 4.78 is 16.2. The Morgan fingerprint density at radius 3 is 2.39 bits per heavy atom. The molecule has 5 atom stereocenters. The van der Waals surface area contributed by atoms with Crippen LogP contribution in [0.4, 0.5) is 4.79 Å². The molecule has 1 aliphatic heterocycles. The number of nitrogens with one attached hydrogen (secondary N) is 2. The summed E-state index contributed by atoms with van der Waals surface area (Å²) in [5.74, 6) is -0.183. The number of morpholine rings is 1. The molecule has 0 aromatic heterocycles. The lowest BCUT2D eigenvalue weighted by molar-refractivity contribution is -0.127. The van der Waals surface area contributed by atoms with Gasteiger partial charge in [-0.2, -0.15) is 0 Å². The maximum Gasteiger partial charge on any atom is 0.407 e. The Balaban J connectivity index is 1.29. The van der Waals surface area contributed by atoms with E-state index in [1.54, 1.807) is 0 Å². The second kappa shape index (κ2) is 16.6. The van der Waals surface area contributed by atoms with Gasteiger partial charge in [-0.15, -0.1) is 0 Å². The highest BCUT2D eigenvalue weighted by atomic mass is 16.5. The summed E-state index contributed by atoms with van der Waals surface area (Å²) in [6.45, 7) is 4.69. The molecule has 10 nitrogen and oxygen atoms in total. The number of methoxy groups -OCH3 is 1. The molecular formula is C36H45N3O7. The molecule has 1 saturated heterocycles. The predicted octanol–water partition coefficient (Wildman–Crippen LogP) is 3.05. The molecular weight excluding hydrogens is 586 g/mol. The second-order valence-electron chi connectivity index (χ2n) is 12.0. The normalized spacial score (nSPS) is 19.8. The van der Waals surface area contributed by atoms with Gasteiger partial charge >= 0.3 is 6.09 Å². The zero-order chi connectivity index (χ0) is 32.3. The fourth-order valence-electron chi connectivity index (χ4n) is 6.24. The van der Waals surface area contributed by atoms with Gasteiger partial charge in [0.15, 0.2) is 0 Å². The first-order chi connectivity index (χ1) is 22.4. The molecule has 3 aromatic carbocycles. The van der Waals surface area contributed by atoms with Crippen LogP contribution in [-0.2, 0) is 33.5 Å². The van der Waals surface area contributed by atoms with Crippen LogP contribution in [0.25, 0.3) is 0 Å². The molecule has 0 saturated carbocycles. The molecule has 0 bridgehead atoms. The third-order valence-electron chi connectivity index (χ3n) is 8.84. The third-order valence-corrected chi connectivity index (χ3v) is 8.84. The lowest BCUT2D eigenvalue weighted by atomic mass is 9.88. The van der Waals surface area contributed by atoms with Crippen LogP contribution in [0.3, 0.4) is 0 Å². The Bertz CT molecular complexity index is 1400. The van der Waals surface area contributed by atoms with E-state index in [4.69, 9.17) is 14.2 Å². The Labute approximate surface area is 270 Å². The molecule has 246 valence electrons. The fourth-order valence-corrected chi connectivity index (χ4v) is 6.24. The van der Waals surface area contributed by atoms with E-state index in [9.17, 15) is 19.8 Å². The molecule has 10 heteroatoms. The minimum atomic E-state index is -1.06. The van der Waals surface area contributed by atoms with E-state index in [0.29, 0.717) is 25.9 Å². The lowest BCUT2D eigenvalue weighted by Gasteiger charge is -2.28. The Morgan fingerprint density at radius 1 is 0.957 bits per heavy atom. The largest absolute Gasteiger partial charge is 0.492 e. The Morgan fingerprint density at radius 2 is 1.65 bits per heavy atom. The molecule has 1 aliphatic carbocycles. The van der Waals surface area contributed by atoms with E-state index in [-0.39, 0.29) is 12.3 Å². The highest BCUT2D eigenvalue weighted by Crippen LogP contribution is 2.32. The van der Waals surface area contributed by atoms with Crippen molar-refractivity contribution in [3.05, 3.63) is 101 Å². The lowest BCUT2D eigenvalue weighted by Crippen LogP contribution is -2.47. The van der Waals surface area contributed by atoms with E-state index < -0.39 is 36.3 Å². The van der Waals surface area contributed by atoms with Crippen molar-refractivity contribution in [2.24, 2.45) is 5.92 Å². The number of hydrogen-bond donors (Lipinski definition) is 4. The number of ether oxygens (including phenoxy) is 3.